The summed E-state index contributed by atoms with van der Waals surface area (Å²) in [6.07, 6.45) is 4.85. The van der Waals surface area contributed by atoms with Crippen molar-refractivity contribution in [1.29, 1.82) is 0 Å². The Balaban J connectivity index is 2.16. The van der Waals surface area contributed by atoms with Gasteiger partial charge in [0.15, 0.2) is 0 Å². The summed E-state index contributed by atoms with van der Waals surface area (Å²) in [5, 5.41) is 18.0. The van der Waals surface area contributed by atoms with E-state index in [0.29, 0.717) is 24.1 Å². The van der Waals surface area contributed by atoms with E-state index in [0.717, 1.165) is 18.4 Å². The monoisotopic (exact) mass is 329 g/mol. The lowest BCUT2D eigenvalue weighted by atomic mass is 9.92. The smallest absolute Gasteiger partial charge is 0.255 e. The van der Waals surface area contributed by atoms with E-state index in [9.17, 15) is 9.90 Å². The molecule has 5 nitrogen and oxygen atoms in total. The van der Waals surface area contributed by atoms with Crippen LogP contribution in [0.15, 0.2) is 36.5 Å². The number of nitrogens with zero attached hydrogens (tertiary/aromatic N) is 2. The summed E-state index contributed by atoms with van der Waals surface area (Å²) in [6.45, 7) is 4.34. The van der Waals surface area contributed by atoms with Gasteiger partial charge in [0.1, 0.15) is 5.69 Å². The predicted molar refractivity (Wildman–Crippen MR) is 95.7 cm³/mol. The molecule has 24 heavy (non-hydrogen) atoms. The summed E-state index contributed by atoms with van der Waals surface area (Å²) in [4.78, 5) is 12.6. The zero-order valence-electron chi connectivity index (χ0n) is 14.7. The van der Waals surface area contributed by atoms with Crippen molar-refractivity contribution in [2.24, 2.45) is 7.05 Å². The van der Waals surface area contributed by atoms with Gasteiger partial charge in [-0.1, -0.05) is 57.0 Å². The number of benzene rings is 1. The van der Waals surface area contributed by atoms with Gasteiger partial charge in [0.05, 0.1) is 11.2 Å². The van der Waals surface area contributed by atoms with Gasteiger partial charge in [0, 0.05) is 25.4 Å². The minimum absolute atomic E-state index is 0.201. The lowest BCUT2D eigenvalue weighted by molar-refractivity contribution is 0.0213. The first-order chi connectivity index (χ1) is 11.5. The number of amides is 1. The van der Waals surface area contributed by atoms with Gasteiger partial charge in [-0.25, -0.2) is 0 Å². The van der Waals surface area contributed by atoms with Gasteiger partial charge in [-0.15, -0.1) is 0 Å². The van der Waals surface area contributed by atoms with Crippen molar-refractivity contribution < 1.29 is 9.90 Å². The number of carbonyl (C=O) groups excluding carboxylic acids is 1. The van der Waals surface area contributed by atoms with Crippen LogP contribution < -0.4 is 5.32 Å². The molecule has 2 N–H and O–H groups in total. The zero-order chi connectivity index (χ0) is 17.6. The van der Waals surface area contributed by atoms with E-state index in [1.807, 2.05) is 44.2 Å². The van der Waals surface area contributed by atoms with Crippen LogP contribution >= 0.6 is 0 Å². The molecule has 130 valence electrons. The third-order valence-electron chi connectivity index (χ3n) is 4.13. The summed E-state index contributed by atoms with van der Waals surface area (Å²) < 4.78 is 1.64. The van der Waals surface area contributed by atoms with E-state index >= 15 is 0 Å². The lowest BCUT2D eigenvalue weighted by Gasteiger charge is -2.27. The molecule has 1 aromatic heterocycles. The van der Waals surface area contributed by atoms with E-state index in [1.54, 1.807) is 17.9 Å². The number of nitrogens with one attached hydrogen (secondary N) is 1. The summed E-state index contributed by atoms with van der Waals surface area (Å²) in [5.74, 6) is -0.201. The van der Waals surface area contributed by atoms with E-state index in [2.05, 4.69) is 10.4 Å². The second-order valence-corrected chi connectivity index (χ2v) is 6.34. The van der Waals surface area contributed by atoms with Gasteiger partial charge in [-0.05, 0) is 12.8 Å². The third-order valence-corrected chi connectivity index (χ3v) is 4.13. The molecule has 1 amide bonds. The highest BCUT2D eigenvalue weighted by Crippen LogP contribution is 2.22. The van der Waals surface area contributed by atoms with Crippen molar-refractivity contribution >= 4 is 5.91 Å². The Bertz CT molecular complexity index is 659. The Morgan fingerprint density at radius 3 is 2.42 bits per heavy atom. The summed E-state index contributed by atoms with van der Waals surface area (Å²) in [5.41, 5.74) is 1.25. The standard InChI is InChI=1S/C19H27N3O2/c1-4-11-19(24,12-5-2)14-20-18(23)16-13-22(3)21-17(16)15-9-7-6-8-10-15/h6-10,13,24H,4-5,11-12,14H2,1-3H3,(H,20,23). The van der Waals surface area contributed by atoms with Crippen molar-refractivity contribution in [2.45, 2.75) is 45.1 Å². The molecule has 0 spiro atoms. The molecule has 0 aliphatic rings. The van der Waals surface area contributed by atoms with Gasteiger partial charge in [0.25, 0.3) is 5.91 Å². The van der Waals surface area contributed by atoms with E-state index in [1.165, 1.54) is 0 Å². The number of rotatable bonds is 8. The number of aryl methyl sites for hydroxylation is 1. The molecule has 1 aromatic carbocycles. The maximum atomic E-state index is 12.6. The summed E-state index contributed by atoms with van der Waals surface area (Å²) in [6, 6.07) is 9.65. The van der Waals surface area contributed by atoms with Gasteiger partial charge in [-0.2, -0.15) is 5.10 Å². The second-order valence-electron chi connectivity index (χ2n) is 6.34. The van der Waals surface area contributed by atoms with Crippen molar-refractivity contribution in [3.05, 3.63) is 42.1 Å². The quantitative estimate of drug-likeness (QED) is 0.782. The summed E-state index contributed by atoms with van der Waals surface area (Å²) in [7, 11) is 1.80. The Morgan fingerprint density at radius 1 is 1.21 bits per heavy atom. The average Bonchev–Trinajstić information content (AvgIpc) is 2.96. The lowest BCUT2D eigenvalue weighted by Crippen LogP contribution is -2.42. The first-order valence-corrected chi connectivity index (χ1v) is 8.58. The first kappa shape index (κ1) is 18.2. The number of carbonyl (C=O) groups is 1. The van der Waals surface area contributed by atoms with Crippen LogP contribution in [0.5, 0.6) is 0 Å². The maximum absolute atomic E-state index is 12.6. The van der Waals surface area contributed by atoms with Crippen LogP contribution in [0.1, 0.15) is 49.9 Å². The molecule has 0 unspecified atom stereocenters. The van der Waals surface area contributed by atoms with Gasteiger partial charge in [0.2, 0.25) is 0 Å². The fourth-order valence-corrected chi connectivity index (χ4v) is 3.04. The second kappa shape index (κ2) is 8.11. The Hall–Kier alpha value is -2.14. The molecule has 5 heteroatoms. The third kappa shape index (κ3) is 4.45. The molecule has 0 atom stereocenters. The molecule has 0 aliphatic carbocycles. The first-order valence-electron chi connectivity index (χ1n) is 8.58. The highest BCUT2D eigenvalue weighted by molar-refractivity contribution is 5.99. The number of aromatic nitrogens is 2. The molecule has 0 saturated heterocycles. The average molecular weight is 329 g/mol. The number of hydrogen-bond acceptors (Lipinski definition) is 3. The van der Waals surface area contributed by atoms with Crippen LogP contribution in [-0.2, 0) is 7.05 Å². The minimum atomic E-state index is -0.839. The normalized spacial score (nSPS) is 11.5. The van der Waals surface area contributed by atoms with Crippen molar-refractivity contribution in [1.82, 2.24) is 15.1 Å². The van der Waals surface area contributed by atoms with Crippen LogP contribution in [0.2, 0.25) is 0 Å². The topological polar surface area (TPSA) is 67.2 Å². The molecular formula is C19H27N3O2. The molecule has 1 heterocycles. The van der Waals surface area contributed by atoms with Crippen molar-refractivity contribution in [3.63, 3.8) is 0 Å². The Morgan fingerprint density at radius 2 is 1.83 bits per heavy atom. The summed E-state index contributed by atoms with van der Waals surface area (Å²) >= 11 is 0. The molecular weight excluding hydrogens is 302 g/mol. The van der Waals surface area contributed by atoms with Gasteiger partial charge < -0.3 is 10.4 Å². The highest BCUT2D eigenvalue weighted by Gasteiger charge is 2.26. The molecule has 2 aromatic rings. The van der Waals surface area contributed by atoms with Crippen molar-refractivity contribution in [3.8, 4) is 11.3 Å². The fourth-order valence-electron chi connectivity index (χ4n) is 3.04. The van der Waals surface area contributed by atoms with E-state index in [-0.39, 0.29) is 12.5 Å². The number of hydrogen-bond donors (Lipinski definition) is 2. The van der Waals surface area contributed by atoms with Crippen LogP contribution in [0.4, 0.5) is 0 Å². The predicted octanol–water partition coefficient (Wildman–Crippen LogP) is 3.15. The molecule has 0 radical (unpaired) electrons. The van der Waals surface area contributed by atoms with Crippen LogP contribution in [0, 0.1) is 0 Å². The SMILES string of the molecule is CCCC(O)(CCC)CNC(=O)c1cn(C)nc1-c1ccccc1. The van der Waals surface area contributed by atoms with Crippen LogP contribution in [-0.4, -0.2) is 32.9 Å². The van der Waals surface area contributed by atoms with Crippen LogP contribution in [0.25, 0.3) is 11.3 Å². The van der Waals surface area contributed by atoms with Gasteiger partial charge >= 0.3 is 0 Å². The van der Waals surface area contributed by atoms with Gasteiger partial charge in [-0.3, -0.25) is 9.48 Å². The fraction of sp³-hybridized carbons (Fsp3) is 0.474. The highest BCUT2D eigenvalue weighted by atomic mass is 16.3. The molecule has 0 aliphatic heterocycles. The zero-order valence-corrected chi connectivity index (χ0v) is 14.7. The number of aliphatic hydroxyl groups is 1. The van der Waals surface area contributed by atoms with Crippen LogP contribution in [0.3, 0.4) is 0 Å². The Labute approximate surface area is 143 Å². The molecule has 0 bridgehead atoms. The maximum Gasteiger partial charge on any atom is 0.255 e. The largest absolute Gasteiger partial charge is 0.388 e. The van der Waals surface area contributed by atoms with E-state index in [4.69, 9.17) is 0 Å². The van der Waals surface area contributed by atoms with E-state index < -0.39 is 5.60 Å². The molecule has 0 saturated carbocycles. The van der Waals surface area contributed by atoms with Crippen molar-refractivity contribution in [2.75, 3.05) is 6.54 Å². The minimum Gasteiger partial charge on any atom is -0.388 e. The molecule has 2 rings (SSSR count). The Kier molecular flexibility index (Phi) is 6.15. The molecule has 0 fully saturated rings.